The average Bonchev–Trinajstić information content (AvgIpc) is 2.16. The van der Waals surface area contributed by atoms with Gasteiger partial charge in [-0.2, -0.15) is 0 Å². The molecular formula is C12H12O3. The third kappa shape index (κ3) is 2.24. The molecule has 0 spiro atoms. The van der Waals surface area contributed by atoms with Crippen molar-refractivity contribution in [1.29, 1.82) is 0 Å². The summed E-state index contributed by atoms with van der Waals surface area (Å²) in [5, 5.41) is 0. The third-order valence-corrected chi connectivity index (χ3v) is 2.44. The molecule has 3 heteroatoms. The van der Waals surface area contributed by atoms with Gasteiger partial charge in [0.1, 0.15) is 18.3 Å². The molecule has 2 rings (SSSR count). The fourth-order valence-electron chi connectivity index (χ4n) is 1.74. The Bertz CT molecular complexity index is 393. The van der Waals surface area contributed by atoms with Crippen LogP contribution >= 0.6 is 0 Å². The van der Waals surface area contributed by atoms with Gasteiger partial charge in [-0.1, -0.05) is 29.8 Å². The summed E-state index contributed by atoms with van der Waals surface area (Å²) in [6.07, 6.45) is -0.170. The number of aryl methyl sites for hydroxylation is 1. The Hall–Kier alpha value is -1.64. The molecule has 1 heterocycles. The monoisotopic (exact) mass is 204 g/mol. The minimum Gasteiger partial charge on any atom is -0.457 e. The highest BCUT2D eigenvalue weighted by molar-refractivity contribution is 5.97. The SMILES string of the molecule is Cc1cccc(C2CC(=O)CC(=O)O2)c1. The lowest BCUT2D eigenvalue weighted by Gasteiger charge is -2.21. The molecule has 0 aromatic heterocycles. The molecule has 0 amide bonds. The standard InChI is InChI=1S/C12H12O3/c1-8-3-2-4-9(5-8)11-6-10(13)7-12(14)15-11/h2-5,11H,6-7H2,1H3. The van der Waals surface area contributed by atoms with Gasteiger partial charge in [0.15, 0.2) is 0 Å². The van der Waals surface area contributed by atoms with Gasteiger partial charge in [-0.25, -0.2) is 0 Å². The Morgan fingerprint density at radius 2 is 2.13 bits per heavy atom. The van der Waals surface area contributed by atoms with E-state index in [0.29, 0.717) is 6.42 Å². The van der Waals surface area contributed by atoms with Crippen molar-refractivity contribution in [1.82, 2.24) is 0 Å². The molecule has 1 aromatic carbocycles. The largest absolute Gasteiger partial charge is 0.457 e. The second kappa shape index (κ2) is 3.85. The summed E-state index contributed by atoms with van der Waals surface area (Å²) < 4.78 is 5.14. The molecule has 0 aliphatic carbocycles. The summed E-state index contributed by atoms with van der Waals surface area (Å²) in [5.74, 6) is -0.462. The molecule has 78 valence electrons. The summed E-state index contributed by atoms with van der Waals surface area (Å²) in [7, 11) is 0. The molecule has 15 heavy (non-hydrogen) atoms. The number of esters is 1. The lowest BCUT2D eigenvalue weighted by atomic mass is 9.99. The van der Waals surface area contributed by atoms with Crippen LogP contribution in [0.4, 0.5) is 0 Å². The molecule has 0 radical (unpaired) electrons. The Morgan fingerprint density at radius 1 is 1.33 bits per heavy atom. The van der Waals surface area contributed by atoms with E-state index in [0.717, 1.165) is 11.1 Å². The number of benzene rings is 1. The predicted molar refractivity (Wildman–Crippen MR) is 54.3 cm³/mol. The van der Waals surface area contributed by atoms with Crippen LogP contribution in [0.25, 0.3) is 0 Å². The molecule has 1 atom stereocenters. The van der Waals surface area contributed by atoms with Gasteiger partial charge in [-0.3, -0.25) is 9.59 Å². The van der Waals surface area contributed by atoms with Crippen molar-refractivity contribution in [3.05, 3.63) is 35.4 Å². The molecule has 3 nitrogen and oxygen atoms in total. The molecule has 0 N–H and O–H groups in total. The molecule has 1 fully saturated rings. The van der Waals surface area contributed by atoms with E-state index in [9.17, 15) is 9.59 Å². The van der Waals surface area contributed by atoms with Crippen LogP contribution in [0.15, 0.2) is 24.3 Å². The fraction of sp³-hybridized carbons (Fsp3) is 0.333. The van der Waals surface area contributed by atoms with Crippen molar-refractivity contribution in [3.8, 4) is 0 Å². The van der Waals surface area contributed by atoms with Gasteiger partial charge in [-0.15, -0.1) is 0 Å². The fourth-order valence-corrected chi connectivity index (χ4v) is 1.74. The zero-order valence-electron chi connectivity index (χ0n) is 8.53. The van der Waals surface area contributed by atoms with E-state index in [1.807, 2.05) is 31.2 Å². The van der Waals surface area contributed by atoms with E-state index < -0.39 is 12.1 Å². The average molecular weight is 204 g/mol. The number of rotatable bonds is 1. The van der Waals surface area contributed by atoms with E-state index >= 15 is 0 Å². The van der Waals surface area contributed by atoms with E-state index in [1.54, 1.807) is 0 Å². The highest BCUT2D eigenvalue weighted by Crippen LogP contribution is 2.26. The smallest absolute Gasteiger partial charge is 0.313 e. The second-order valence-electron chi connectivity index (χ2n) is 3.81. The second-order valence-corrected chi connectivity index (χ2v) is 3.81. The van der Waals surface area contributed by atoms with E-state index in [-0.39, 0.29) is 12.2 Å². The summed E-state index contributed by atoms with van der Waals surface area (Å²) in [5.41, 5.74) is 2.00. The summed E-state index contributed by atoms with van der Waals surface area (Å²) in [4.78, 5) is 22.3. The first-order chi connectivity index (χ1) is 7.15. The van der Waals surface area contributed by atoms with Gasteiger partial charge in [-0.05, 0) is 12.5 Å². The molecule has 0 bridgehead atoms. The minimum absolute atomic E-state index is 0.0437. The highest BCUT2D eigenvalue weighted by atomic mass is 16.5. The third-order valence-electron chi connectivity index (χ3n) is 2.44. The Labute approximate surface area is 88.1 Å². The Morgan fingerprint density at radius 3 is 2.80 bits per heavy atom. The molecule has 1 aliphatic heterocycles. The first-order valence-corrected chi connectivity index (χ1v) is 4.93. The normalized spacial score (nSPS) is 21.3. The Balaban J connectivity index is 2.23. The number of ether oxygens (including phenoxy) is 1. The number of carbonyl (C=O) groups excluding carboxylic acids is 2. The predicted octanol–water partition coefficient (Wildman–Crippen LogP) is 1.94. The van der Waals surface area contributed by atoms with Crippen molar-refractivity contribution in [3.63, 3.8) is 0 Å². The van der Waals surface area contributed by atoms with Crippen LogP contribution in [0.2, 0.25) is 0 Å². The van der Waals surface area contributed by atoms with E-state index in [4.69, 9.17) is 4.74 Å². The zero-order chi connectivity index (χ0) is 10.8. The van der Waals surface area contributed by atoms with Crippen LogP contribution in [0.3, 0.4) is 0 Å². The zero-order valence-corrected chi connectivity index (χ0v) is 8.53. The van der Waals surface area contributed by atoms with Gasteiger partial charge in [0, 0.05) is 6.42 Å². The van der Waals surface area contributed by atoms with Crippen LogP contribution in [-0.2, 0) is 14.3 Å². The summed E-state index contributed by atoms with van der Waals surface area (Å²) in [6.45, 7) is 1.97. The summed E-state index contributed by atoms with van der Waals surface area (Å²) in [6, 6.07) is 7.69. The minimum atomic E-state index is -0.419. The maximum absolute atomic E-state index is 11.2. The Kier molecular flexibility index (Phi) is 2.54. The van der Waals surface area contributed by atoms with Crippen LogP contribution in [0, 0.1) is 6.92 Å². The van der Waals surface area contributed by atoms with Crippen LogP contribution < -0.4 is 0 Å². The molecule has 1 aromatic rings. The lowest BCUT2D eigenvalue weighted by Crippen LogP contribution is -2.24. The number of hydrogen-bond donors (Lipinski definition) is 0. The van der Waals surface area contributed by atoms with Crippen LogP contribution in [0.5, 0.6) is 0 Å². The van der Waals surface area contributed by atoms with Gasteiger partial charge < -0.3 is 4.74 Å². The van der Waals surface area contributed by atoms with Gasteiger partial charge in [0.25, 0.3) is 0 Å². The molecule has 1 unspecified atom stereocenters. The lowest BCUT2D eigenvalue weighted by molar-refractivity contribution is -0.158. The number of hydrogen-bond acceptors (Lipinski definition) is 3. The van der Waals surface area contributed by atoms with Crippen LogP contribution in [0.1, 0.15) is 30.1 Å². The maximum Gasteiger partial charge on any atom is 0.313 e. The molecule has 1 aliphatic rings. The quantitative estimate of drug-likeness (QED) is 0.518. The number of ketones is 1. The first kappa shape index (κ1) is 9.90. The number of carbonyl (C=O) groups is 2. The molecule has 0 saturated carbocycles. The topological polar surface area (TPSA) is 43.4 Å². The number of Topliss-reactive ketones (excluding diaryl/α,β-unsaturated/α-hetero) is 1. The maximum atomic E-state index is 11.2. The highest BCUT2D eigenvalue weighted by Gasteiger charge is 2.27. The first-order valence-electron chi connectivity index (χ1n) is 4.93. The van der Waals surface area contributed by atoms with Gasteiger partial charge in [0.2, 0.25) is 0 Å². The van der Waals surface area contributed by atoms with Gasteiger partial charge >= 0.3 is 5.97 Å². The van der Waals surface area contributed by atoms with E-state index in [2.05, 4.69) is 0 Å². The van der Waals surface area contributed by atoms with Crippen molar-refractivity contribution in [2.75, 3.05) is 0 Å². The van der Waals surface area contributed by atoms with Crippen molar-refractivity contribution in [2.24, 2.45) is 0 Å². The van der Waals surface area contributed by atoms with Crippen LogP contribution in [-0.4, -0.2) is 11.8 Å². The van der Waals surface area contributed by atoms with Gasteiger partial charge in [0.05, 0.1) is 0 Å². The van der Waals surface area contributed by atoms with Crippen molar-refractivity contribution >= 4 is 11.8 Å². The molecular weight excluding hydrogens is 192 g/mol. The van der Waals surface area contributed by atoms with Crippen molar-refractivity contribution < 1.29 is 14.3 Å². The molecule has 1 saturated heterocycles. The van der Waals surface area contributed by atoms with E-state index in [1.165, 1.54) is 0 Å². The van der Waals surface area contributed by atoms with Crippen molar-refractivity contribution in [2.45, 2.75) is 25.9 Å². The summed E-state index contributed by atoms with van der Waals surface area (Å²) >= 11 is 0. The number of cyclic esters (lactones) is 1.